The van der Waals surface area contributed by atoms with Crippen LogP contribution in [0.5, 0.6) is 0 Å². The molecule has 4 nitrogen and oxygen atoms in total. The molecule has 0 fully saturated rings. The van der Waals surface area contributed by atoms with Gasteiger partial charge in [0.15, 0.2) is 5.76 Å². The molecule has 0 radical (unpaired) electrons. The maximum atomic E-state index is 11.8. The second-order valence-electron chi connectivity index (χ2n) is 4.59. The van der Waals surface area contributed by atoms with E-state index in [9.17, 15) is 9.90 Å². The summed E-state index contributed by atoms with van der Waals surface area (Å²) in [5.41, 5.74) is 0.855. The number of rotatable bonds is 6. The standard InChI is InChI=1S/C16H19NO3/c1-2-13-8-9-15(20-13)16(19)17-11-10-14(18)12-6-4-3-5-7-12/h3-9,14,18H,2,10-11H2,1H3,(H,17,19). The van der Waals surface area contributed by atoms with Gasteiger partial charge in [0.1, 0.15) is 5.76 Å². The summed E-state index contributed by atoms with van der Waals surface area (Å²) < 4.78 is 5.36. The fourth-order valence-electron chi connectivity index (χ4n) is 1.94. The molecule has 1 atom stereocenters. The molecule has 2 N–H and O–H groups in total. The van der Waals surface area contributed by atoms with Crippen LogP contribution in [0, 0.1) is 0 Å². The summed E-state index contributed by atoms with van der Waals surface area (Å²) in [7, 11) is 0. The Morgan fingerprint density at radius 2 is 2.00 bits per heavy atom. The summed E-state index contributed by atoms with van der Waals surface area (Å²) in [4.78, 5) is 11.8. The normalized spacial score (nSPS) is 12.1. The molecule has 1 aromatic carbocycles. The lowest BCUT2D eigenvalue weighted by atomic mass is 10.1. The molecule has 0 aliphatic rings. The first-order valence-electron chi connectivity index (χ1n) is 6.80. The minimum atomic E-state index is -0.570. The van der Waals surface area contributed by atoms with Gasteiger partial charge in [0.2, 0.25) is 0 Å². The minimum Gasteiger partial charge on any atom is -0.456 e. The average Bonchev–Trinajstić information content (AvgIpc) is 2.97. The van der Waals surface area contributed by atoms with Gasteiger partial charge >= 0.3 is 0 Å². The summed E-state index contributed by atoms with van der Waals surface area (Å²) in [5, 5.41) is 12.7. The number of carbonyl (C=O) groups is 1. The van der Waals surface area contributed by atoms with Gasteiger partial charge in [-0.05, 0) is 24.1 Å². The number of furan rings is 1. The lowest BCUT2D eigenvalue weighted by Gasteiger charge is -2.11. The van der Waals surface area contributed by atoms with Crippen molar-refractivity contribution in [2.24, 2.45) is 0 Å². The second-order valence-corrected chi connectivity index (χ2v) is 4.59. The lowest BCUT2D eigenvalue weighted by molar-refractivity contribution is 0.0913. The van der Waals surface area contributed by atoms with Crippen molar-refractivity contribution in [1.82, 2.24) is 5.32 Å². The van der Waals surface area contributed by atoms with E-state index in [0.717, 1.165) is 17.7 Å². The Balaban J connectivity index is 1.79. The van der Waals surface area contributed by atoms with Gasteiger partial charge in [-0.3, -0.25) is 4.79 Å². The summed E-state index contributed by atoms with van der Waals surface area (Å²) >= 11 is 0. The number of amides is 1. The minimum absolute atomic E-state index is 0.245. The molecular formula is C16H19NO3. The van der Waals surface area contributed by atoms with Gasteiger partial charge in [-0.15, -0.1) is 0 Å². The number of aliphatic hydroxyl groups excluding tert-OH is 1. The fraction of sp³-hybridized carbons (Fsp3) is 0.312. The van der Waals surface area contributed by atoms with Crippen LogP contribution < -0.4 is 5.32 Å². The number of nitrogens with one attached hydrogen (secondary N) is 1. The van der Waals surface area contributed by atoms with Crippen molar-refractivity contribution in [3.63, 3.8) is 0 Å². The van der Waals surface area contributed by atoms with Crippen molar-refractivity contribution in [2.75, 3.05) is 6.54 Å². The van der Waals surface area contributed by atoms with Crippen molar-refractivity contribution >= 4 is 5.91 Å². The third kappa shape index (κ3) is 3.71. The second kappa shape index (κ2) is 6.91. The van der Waals surface area contributed by atoms with Crippen LogP contribution in [-0.2, 0) is 6.42 Å². The molecule has 0 aliphatic heterocycles. The number of aryl methyl sites for hydroxylation is 1. The highest BCUT2D eigenvalue weighted by molar-refractivity contribution is 5.91. The van der Waals surface area contributed by atoms with E-state index >= 15 is 0 Å². The van der Waals surface area contributed by atoms with E-state index in [2.05, 4.69) is 5.32 Å². The Kier molecular flexibility index (Phi) is 4.96. The molecule has 0 spiro atoms. The quantitative estimate of drug-likeness (QED) is 0.850. The summed E-state index contributed by atoms with van der Waals surface area (Å²) in [5.74, 6) is 0.862. The highest BCUT2D eigenvalue weighted by Crippen LogP contribution is 2.15. The van der Waals surface area contributed by atoms with E-state index in [-0.39, 0.29) is 5.91 Å². The molecule has 1 heterocycles. The van der Waals surface area contributed by atoms with E-state index in [0.29, 0.717) is 18.7 Å². The Hall–Kier alpha value is -2.07. The smallest absolute Gasteiger partial charge is 0.286 e. The molecule has 1 amide bonds. The Labute approximate surface area is 118 Å². The van der Waals surface area contributed by atoms with E-state index < -0.39 is 6.10 Å². The molecule has 4 heteroatoms. The van der Waals surface area contributed by atoms with Crippen molar-refractivity contribution in [3.05, 3.63) is 59.5 Å². The van der Waals surface area contributed by atoms with Crippen LogP contribution in [0.25, 0.3) is 0 Å². The maximum Gasteiger partial charge on any atom is 0.286 e. The van der Waals surface area contributed by atoms with Gasteiger partial charge in [0.05, 0.1) is 6.10 Å². The van der Waals surface area contributed by atoms with Gasteiger partial charge in [-0.2, -0.15) is 0 Å². The van der Waals surface area contributed by atoms with Crippen LogP contribution in [0.15, 0.2) is 46.9 Å². The number of hydrogen-bond acceptors (Lipinski definition) is 3. The van der Waals surface area contributed by atoms with E-state index in [1.807, 2.05) is 37.3 Å². The Morgan fingerprint density at radius 3 is 2.65 bits per heavy atom. The van der Waals surface area contributed by atoms with E-state index in [4.69, 9.17) is 4.42 Å². The highest BCUT2D eigenvalue weighted by Gasteiger charge is 2.11. The van der Waals surface area contributed by atoms with Crippen molar-refractivity contribution < 1.29 is 14.3 Å². The van der Waals surface area contributed by atoms with Crippen LogP contribution in [0.4, 0.5) is 0 Å². The molecule has 0 saturated carbocycles. The summed E-state index contributed by atoms with van der Waals surface area (Å²) in [6.07, 6.45) is 0.663. The average molecular weight is 273 g/mol. The number of hydrogen-bond donors (Lipinski definition) is 2. The topological polar surface area (TPSA) is 62.5 Å². The predicted octanol–water partition coefficient (Wildman–Crippen LogP) is 2.70. The molecule has 2 rings (SSSR count). The van der Waals surface area contributed by atoms with Crippen molar-refractivity contribution in [1.29, 1.82) is 0 Å². The molecule has 0 saturated heterocycles. The highest BCUT2D eigenvalue weighted by atomic mass is 16.3. The van der Waals surface area contributed by atoms with Gasteiger partial charge < -0.3 is 14.8 Å². The van der Waals surface area contributed by atoms with Crippen LogP contribution >= 0.6 is 0 Å². The third-order valence-electron chi connectivity index (χ3n) is 3.12. The first-order valence-corrected chi connectivity index (χ1v) is 6.80. The van der Waals surface area contributed by atoms with Crippen LogP contribution in [0.3, 0.4) is 0 Å². The summed E-state index contributed by atoms with van der Waals surface area (Å²) in [6, 6.07) is 12.9. The Morgan fingerprint density at radius 1 is 1.25 bits per heavy atom. The zero-order chi connectivity index (χ0) is 14.4. The lowest BCUT2D eigenvalue weighted by Crippen LogP contribution is -2.25. The molecule has 106 valence electrons. The van der Waals surface area contributed by atoms with Gasteiger partial charge in [-0.25, -0.2) is 0 Å². The first kappa shape index (κ1) is 14.3. The maximum absolute atomic E-state index is 11.8. The van der Waals surface area contributed by atoms with E-state index in [1.165, 1.54) is 0 Å². The monoisotopic (exact) mass is 273 g/mol. The largest absolute Gasteiger partial charge is 0.456 e. The van der Waals surface area contributed by atoms with Gasteiger partial charge in [0.25, 0.3) is 5.91 Å². The third-order valence-corrected chi connectivity index (χ3v) is 3.12. The summed E-state index contributed by atoms with van der Waals surface area (Å²) in [6.45, 7) is 2.37. The molecule has 20 heavy (non-hydrogen) atoms. The molecule has 1 unspecified atom stereocenters. The fourth-order valence-corrected chi connectivity index (χ4v) is 1.94. The SMILES string of the molecule is CCc1ccc(C(=O)NCCC(O)c2ccccc2)o1. The zero-order valence-electron chi connectivity index (χ0n) is 11.5. The molecular weight excluding hydrogens is 254 g/mol. The first-order chi connectivity index (χ1) is 9.70. The van der Waals surface area contributed by atoms with Gasteiger partial charge in [0, 0.05) is 13.0 Å². The Bertz CT molecular complexity index is 548. The van der Waals surface area contributed by atoms with Crippen molar-refractivity contribution in [2.45, 2.75) is 25.9 Å². The molecule has 0 aliphatic carbocycles. The van der Waals surface area contributed by atoms with Crippen molar-refractivity contribution in [3.8, 4) is 0 Å². The zero-order valence-corrected chi connectivity index (χ0v) is 11.5. The molecule has 0 bridgehead atoms. The van der Waals surface area contributed by atoms with Gasteiger partial charge in [-0.1, -0.05) is 37.3 Å². The molecule has 1 aromatic heterocycles. The van der Waals surface area contributed by atoms with Crippen LogP contribution in [0.1, 0.15) is 41.3 Å². The van der Waals surface area contributed by atoms with Crippen LogP contribution in [-0.4, -0.2) is 17.6 Å². The predicted molar refractivity (Wildman–Crippen MR) is 76.4 cm³/mol. The molecule has 2 aromatic rings. The number of aliphatic hydroxyl groups is 1. The number of benzene rings is 1. The van der Waals surface area contributed by atoms with E-state index in [1.54, 1.807) is 12.1 Å². The number of carbonyl (C=O) groups excluding carboxylic acids is 1. The van der Waals surface area contributed by atoms with Crippen LogP contribution in [0.2, 0.25) is 0 Å².